The number of hydrogen-bond donors (Lipinski definition) is 1. The first-order valence-corrected chi connectivity index (χ1v) is 14.6. The maximum atomic E-state index is 13.9. The molecule has 1 N–H and O–H groups in total. The Hall–Kier alpha value is -2.28. The summed E-state index contributed by atoms with van der Waals surface area (Å²) in [6.07, 6.45) is 11.0. The molecule has 0 spiro atoms. The standard InChI is InChI=1S/C31H44O7/c1-5-7-9-26(35)37-19-25(34)31(38-27(36)10-8-6-2)16-14-23-22-12-11-20-17-21(32)13-15-29(20,3)28(22)24(33)18-30(23,31)4/h13,15,17,22-24,28,33H,5-12,14,16,18-19H2,1-4H3. The van der Waals surface area contributed by atoms with Crippen molar-refractivity contribution >= 4 is 23.5 Å². The van der Waals surface area contributed by atoms with Crippen LogP contribution in [0.2, 0.25) is 0 Å². The highest BCUT2D eigenvalue weighted by Crippen LogP contribution is 2.68. The highest BCUT2D eigenvalue weighted by Gasteiger charge is 2.70. The lowest BCUT2D eigenvalue weighted by atomic mass is 9.46. The van der Waals surface area contributed by atoms with Gasteiger partial charge < -0.3 is 14.6 Å². The van der Waals surface area contributed by atoms with Gasteiger partial charge in [0.25, 0.3) is 0 Å². The van der Waals surface area contributed by atoms with Crippen LogP contribution in [0.5, 0.6) is 0 Å². The Bertz CT molecular complexity index is 1030. The van der Waals surface area contributed by atoms with Gasteiger partial charge in [-0.05, 0) is 68.9 Å². The molecule has 3 saturated carbocycles. The number of allylic oxidation sites excluding steroid dienone is 4. The predicted molar refractivity (Wildman–Crippen MR) is 142 cm³/mol. The van der Waals surface area contributed by atoms with Crippen molar-refractivity contribution in [2.45, 2.75) is 110 Å². The lowest BCUT2D eigenvalue weighted by Crippen LogP contribution is -2.63. The molecule has 7 unspecified atom stereocenters. The number of ketones is 2. The molecule has 210 valence electrons. The van der Waals surface area contributed by atoms with E-state index in [1.165, 1.54) is 0 Å². The van der Waals surface area contributed by atoms with E-state index in [-0.39, 0.29) is 42.2 Å². The monoisotopic (exact) mass is 528 g/mol. The number of aliphatic hydroxyl groups excluding tert-OH is 1. The van der Waals surface area contributed by atoms with Gasteiger partial charge in [-0.15, -0.1) is 0 Å². The summed E-state index contributed by atoms with van der Waals surface area (Å²) in [6, 6.07) is 0. The lowest BCUT2D eigenvalue weighted by Gasteiger charge is -2.59. The topological polar surface area (TPSA) is 107 Å². The zero-order valence-electron chi connectivity index (χ0n) is 23.4. The molecule has 4 aliphatic rings. The quantitative estimate of drug-likeness (QED) is 0.396. The average Bonchev–Trinajstić information content (AvgIpc) is 3.17. The molecular formula is C31H44O7. The zero-order valence-corrected chi connectivity index (χ0v) is 23.4. The van der Waals surface area contributed by atoms with Crippen molar-refractivity contribution < 1.29 is 33.8 Å². The number of carbonyl (C=O) groups excluding carboxylic acids is 4. The van der Waals surface area contributed by atoms with Gasteiger partial charge >= 0.3 is 11.9 Å². The summed E-state index contributed by atoms with van der Waals surface area (Å²) in [5.74, 6) is -1.14. The largest absolute Gasteiger partial charge is 0.457 e. The van der Waals surface area contributed by atoms with E-state index in [1.54, 1.807) is 12.2 Å². The fourth-order valence-corrected chi connectivity index (χ4v) is 8.22. The minimum atomic E-state index is -1.44. The predicted octanol–water partition coefficient (Wildman–Crippen LogP) is 5.04. The fraction of sp³-hybridized carbons (Fsp3) is 0.742. The molecule has 0 bridgehead atoms. The molecule has 4 aliphatic carbocycles. The summed E-state index contributed by atoms with van der Waals surface area (Å²) < 4.78 is 11.5. The van der Waals surface area contributed by atoms with Crippen molar-refractivity contribution in [2.24, 2.45) is 28.6 Å². The van der Waals surface area contributed by atoms with E-state index in [1.807, 2.05) is 26.8 Å². The third-order valence-electron chi connectivity index (χ3n) is 10.2. The van der Waals surface area contributed by atoms with Crippen LogP contribution >= 0.6 is 0 Å². The second-order valence-corrected chi connectivity index (χ2v) is 12.3. The van der Waals surface area contributed by atoms with Crippen LogP contribution in [0.3, 0.4) is 0 Å². The summed E-state index contributed by atoms with van der Waals surface area (Å²) in [5, 5.41) is 11.7. The van der Waals surface area contributed by atoms with Crippen LogP contribution in [0, 0.1) is 28.6 Å². The maximum absolute atomic E-state index is 13.9. The molecule has 0 aromatic heterocycles. The highest BCUT2D eigenvalue weighted by atomic mass is 16.6. The van der Waals surface area contributed by atoms with Crippen LogP contribution in [0.15, 0.2) is 23.8 Å². The van der Waals surface area contributed by atoms with E-state index in [0.717, 1.165) is 31.3 Å². The van der Waals surface area contributed by atoms with Crippen molar-refractivity contribution in [2.75, 3.05) is 6.61 Å². The third-order valence-corrected chi connectivity index (χ3v) is 10.2. The molecule has 0 saturated heterocycles. The van der Waals surface area contributed by atoms with Crippen molar-refractivity contribution in [3.63, 3.8) is 0 Å². The second kappa shape index (κ2) is 11.1. The van der Waals surface area contributed by atoms with E-state index in [0.29, 0.717) is 32.1 Å². The Balaban J connectivity index is 1.65. The van der Waals surface area contributed by atoms with Gasteiger partial charge in [0, 0.05) is 29.6 Å². The van der Waals surface area contributed by atoms with E-state index in [4.69, 9.17) is 9.47 Å². The fourth-order valence-electron chi connectivity index (χ4n) is 8.22. The summed E-state index contributed by atoms with van der Waals surface area (Å²) in [5.41, 5.74) is -1.57. The SMILES string of the molecule is CCCCC(=O)OCC(=O)C1(OC(=O)CCCC)CCC2C3CCC4=CC(=O)C=CC4(C)C3C(O)CC21C. The van der Waals surface area contributed by atoms with Gasteiger partial charge in [-0.25, -0.2) is 0 Å². The number of ether oxygens (including phenoxy) is 2. The average molecular weight is 529 g/mol. The van der Waals surface area contributed by atoms with Gasteiger partial charge in [-0.1, -0.05) is 52.2 Å². The highest BCUT2D eigenvalue weighted by molar-refractivity contribution is 6.01. The summed E-state index contributed by atoms with van der Waals surface area (Å²) >= 11 is 0. The van der Waals surface area contributed by atoms with Crippen LogP contribution in [0.1, 0.15) is 98.3 Å². The first-order chi connectivity index (χ1) is 18.0. The molecule has 0 aliphatic heterocycles. The van der Waals surface area contributed by atoms with Gasteiger partial charge in [-0.3, -0.25) is 19.2 Å². The molecular weight excluding hydrogens is 484 g/mol. The molecule has 0 aromatic carbocycles. The molecule has 0 heterocycles. The number of rotatable bonds is 10. The smallest absolute Gasteiger partial charge is 0.306 e. The third kappa shape index (κ3) is 4.80. The molecule has 0 aromatic rings. The molecule has 4 rings (SSSR count). The van der Waals surface area contributed by atoms with Crippen LogP contribution < -0.4 is 0 Å². The summed E-state index contributed by atoms with van der Waals surface area (Å²) in [6.45, 7) is 7.65. The number of carbonyl (C=O) groups is 4. The van der Waals surface area contributed by atoms with E-state index in [2.05, 4.69) is 6.92 Å². The van der Waals surface area contributed by atoms with E-state index in [9.17, 15) is 24.3 Å². The lowest BCUT2D eigenvalue weighted by molar-refractivity contribution is -0.201. The summed E-state index contributed by atoms with van der Waals surface area (Å²) in [4.78, 5) is 51.2. The molecule has 3 fully saturated rings. The minimum Gasteiger partial charge on any atom is -0.457 e. The first kappa shape index (κ1) is 28.7. The Morgan fingerprint density at radius 1 is 1.05 bits per heavy atom. The zero-order chi connectivity index (χ0) is 27.7. The molecule has 7 nitrogen and oxygen atoms in total. The minimum absolute atomic E-state index is 0.0102. The van der Waals surface area contributed by atoms with Gasteiger partial charge in [0.2, 0.25) is 5.78 Å². The van der Waals surface area contributed by atoms with Crippen molar-refractivity contribution in [3.05, 3.63) is 23.8 Å². The number of esters is 2. The van der Waals surface area contributed by atoms with Crippen molar-refractivity contribution in [3.8, 4) is 0 Å². The normalized spacial score (nSPS) is 37.5. The molecule has 0 radical (unpaired) electrons. The Kier molecular flexibility index (Phi) is 8.37. The Morgan fingerprint density at radius 2 is 1.74 bits per heavy atom. The number of unbranched alkanes of at least 4 members (excludes halogenated alkanes) is 2. The van der Waals surface area contributed by atoms with Gasteiger partial charge in [0.05, 0.1) is 6.10 Å². The number of aliphatic hydroxyl groups is 1. The summed E-state index contributed by atoms with van der Waals surface area (Å²) in [7, 11) is 0. The van der Waals surface area contributed by atoms with Crippen LogP contribution in [-0.2, 0) is 28.7 Å². The van der Waals surface area contributed by atoms with Crippen LogP contribution in [0.4, 0.5) is 0 Å². The molecule has 7 atom stereocenters. The van der Waals surface area contributed by atoms with E-state index >= 15 is 0 Å². The second-order valence-electron chi connectivity index (χ2n) is 12.3. The molecule has 0 amide bonds. The molecule has 38 heavy (non-hydrogen) atoms. The molecule has 7 heteroatoms. The number of Topliss-reactive ketones (excluding diaryl/α,β-unsaturated/α-hetero) is 1. The van der Waals surface area contributed by atoms with Gasteiger partial charge in [-0.2, -0.15) is 0 Å². The maximum Gasteiger partial charge on any atom is 0.306 e. The Morgan fingerprint density at radius 3 is 2.42 bits per heavy atom. The van der Waals surface area contributed by atoms with Crippen molar-refractivity contribution in [1.29, 1.82) is 0 Å². The Labute approximate surface area is 226 Å². The van der Waals surface area contributed by atoms with E-state index < -0.39 is 41.1 Å². The van der Waals surface area contributed by atoms with Gasteiger partial charge in [0.1, 0.15) is 0 Å². The van der Waals surface area contributed by atoms with Crippen molar-refractivity contribution in [1.82, 2.24) is 0 Å². The number of fused-ring (bicyclic) bond motifs is 5. The van der Waals surface area contributed by atoms with Crippen LogP contribution in [-0.4, -0.2) is 46.9 Å². The first-order valence-electron chi connectivity index (χ1n) is 14.6. The van der Waals surface area contributed by atoms with Crippen LogP contribution in [0.25, 0.3) is 0 Å². The van der Waals surface area contributed by atoms with Gasteiger partial charge in [0.15, 0.2) is 18.0 Å². The number of hydrogen-bond acceptors (Lipinski definition) is 7.